The number of amides is 1. The second-order valence-electron chi connectivity index (χ2n) is 7.68. The van der Waals surface area contributed by atoms with Gasteiger partial charge < -0.3 is 15.8 Å². The van der Waals surface area contributed by atoms with E-state index in [0.717, 1.165) is 52.5 Å². The smallest absolute Gasteiger partial charge is 0.224 e. The van der Waals surface area contributed by atoms with Crippen LogP contribution in [0.3, 0.4) is 0 Å². The monoisotopic (exact) mass is 471 g/mol. The van der Waals surface area contributed by atoms with E-state index in [4.69, 9.17) is 22.1 Å². The van der Waals surface area contributed by atoms with Crippen LogP contribution in [0.15, 0.2) is 29.4 Å². The molecule has 9 heteroatoms. The summed E-state index contributed by atoms with van der Waals surface area (Å²) in [6.45, 7) is 3.79. The molecule has 0 unspecified atom stereocenters. The molecule has 0 fully saturated rings. The lowest BCUT2D eigenvalue weighted by molar-refractivity contribution is -0.121. The minimum Gasteiger partial charge on any atom is -0.372 e. The third-order valence-corrected chi connectivity index (χ3v) is 6.49. The summed E-state index contributed by atoms with van der Waals surface area (Å²) in [4.78, 5) is 24.9. The van der Waals surface area contributed by atoms with Gasteiger partial charge in [0.15, 0.2) is 11.0 Å². The standard InChI is InChI=1S/C23H26ClN5O2S/c1-2-6-18(30)26-9-3-4-10-32-23-28-21(27-22(25)29-23)20-16-8-5-7-14-12-31-13-15(19(14)16)11-17(20)24/h5,7-8,11H,2-4,6,9-10,12-13H2,1H3,(H,26,30)(H2,25,27,28,29). The van der Waals surface area contributed by atoms with E-state index in [0.29, 0.717) is 42.2 Å². The molecule has 7 nitrogen and oxygen atoms in total. The average molecular weight is 472 g/mol. The quantitative estimate of drug-likeness (QED) is 0.343. The fraction of sp³-hybridized carbons (Fsp3) is 0.391. The van der Waals surface area contributed by atoms with Crippen LogP contribution in [-0.4, -0.2) is 33.2 Å². The van der Waals surface area contributed by atoms with Crippen molar-refractivity contribution in [3.63, 3.8) is 0 Å². The Bertz CT molecular complexity index is 1140. The molecule has 3 aromatic rings. The maximum absolute atomic E-state index is 11.5. The third-order valence-electron chi connectivity index (χ3n) is 5.25. The molecule has 1 aliphatic heterocycles. The number of thioether (sulfide) groups is 1. The first-order valence-electron chi connectivity index (χ1n) is 10.8. The zero-order valence-electron chi connectivity index (χ0n) is 18.0. The molecule has 1 amide bonds. The van der Waals surface area contributed by atoms with Crippen LogP contribution in [0.1, 0.15) is 43.7 Å². The predicted octanol–water partition coefficient (Wildman–Crippen LogP) is 4.75. The van der Waals surface area contributed by atoms with Crippen LogP contribution >= 0.6 is 23.4 Å². The maximum atomic E-state index is 11.5. The number of nitrogens with two attached hydrogens (primary N) is 1. The van der Waals surface area contributed by atoms with Crippen LogP contribution < -0.4 is 11.1 Å². The van der Waals surface area contributed by atoms with Crippen LogP contribution in [0.5, 0.6) is 0 Å². The number of nitrogens with one attached hydrogen (secondary N) is 1. The molecule has 1 aliphatic rings. The van der Waals surface area contributed by atoms with E-state index in [9.17, 15) is 4.79 Å². The highest BCUT2D eigenvalue weighted by Crippen LogP contribution is 2.39. The zero-order chi connectivity index (χ0) is 22.5. The number of rotatable bonds is 9. The van der Waals surface area contributed by atoms with Gasteiger partial charge in [-0.2, -0.15) is 9.97 Å². The van der Waals surface area contributed by atoms with Gasteiger partial charge in [-0.3, -0.25) is 4.79 Å². The van der Waals surface area contributed by atoms with Gasteiger partial charge in [0.2, 0.25) is 11.9 Å². The molecule has 0 spiro atoms. The molecular formula is C23H26ClN5O2S. The number of aromatic nitrogens is 3. The molecule has 4 rings (SSSR count). The molecule has 32 heavy (non-hydrogen) atoms. The van der Waals surface area contributed by atoms with Crippen LogP contribution in [0.4, 0.5) is 5.95 Å². The maximum Gasteiger partial charge on any atom is 0.224 e. The summed E-state index contributed by atoms with van der Waals surface area (Å²) in [7, 11) is 0. The highest BCUT2D eigenvalue weighted by Gasteiger charge is 2.21. The molecule has 0 saturated carbocycles. The van der Waals surface area contributed by atoms with Crippen molar-refractivity contribution in [1.82, 2.24) is 20.3 Å². The number of nitrogens with zero attached hydrogens (tertiary/aromatic N) is 3. The van der Waals surface area contributed by atoms with E-state index in [1.54, 1.807) is 0 Å². The summed E-state index contributed by atoms with van der Waals surface area (Å²) >= 11 is 8.20. The Kier molecular flexibility index (Phi) is 7.44. The first-order valence-corrected chi connectivity index (χ1v) is 12.1. The number of hydrogen-bond acceptors (Lipinski definition) is 7. The molecule has 1 aromatic heterocycles. The van der Waals surface area contributed by atoms with E-state index in [1.165, 1.54) is 11.8 Å². The van der Waals surface area contributed by atoms with Gasteiger partial charge in [-0.15, -0.1) is 0 Å². The van der Waals surface area contributed by atoms with E-state index < -0.39 is 0 Å². The van der Waals surface area contributed by atoms with Crippen LogP contribution in [0.2, 0.25) is 5.02 Å². The number of unbranched alkanes of at least 4 members (excludes halogenated alkanes) is 1. The predicted molar refractivity (Wildman–Crippen MR) is 129 cm³/mol. The first kappa shape index (κ1) is 22.8. The van der Waals surface area contributed by atoms with Crippen molar-refractivity contribution in [1.29, 1.82) is 0 Å². The molecule has 0 aliphatic carbocycles. The van der Waals surface area contributed by atoms with Gasteiger partial charge in [0.1, 0.15) is 0 Å². The van der Waals surface area contributed by atoms with Crippen molar-refractivity contribution in [2.24, 2.45) is 0 Å². The molecule has 2 aromatic carbocycles. The number of carbonyl (C=O) groups is 1. The number of ether oxygens (including phenoxy) is 1. The summed E-state index contributed by atoms with van der Waals surface area (Å²) in [6, 6.07) is 8.03. The number of halogens is 1. The Hall–Kier alpha value is -2.42. The van der Waals surface area contributed by atoms with Crippen molar-refractivity contribution in [3.05, 3.63) is 40.4 Å². The average Bonchev–Trinajstić information content (AvgIpc) is 2.76. The lowest BCUT2D eigenvalue weighted by Gasteiger charge is -2.20. The Morgan fingerprint density at radius 3 is 2.91 bits per heavy atom. The van der Waals surface area contributed by atoms with Gasteiger partial charge in [0.25, 0.3) is 0 Å². The van der Waals surface area contributed by atoms with Crippen molar-refractivity contribution in [3.8, 4) is 11.4 Å². The molecule has 0 saturated heterocycles. The summed E-state index contributed by atoms with van der Waals surface area (Å²) in [5.41, 5.74) is 8.98. The Morgan fingerprint density at radius 1 is 1.22 bits per heavy atom. The summed E-state index contributed by atoms with van der Waals surface area (Å²) in [5.74, 6) is 1.58. The van der Waals surface area contributed by atoms with Gasteiger partial charge in [-0.05, 0) is 47.2 Å². The molecule has 168 valence electrons. The van der Waals surface area contributed by atoms with Crippen LogP contribution in [0.25, 0.3) is 22.2 Å². The first-order chi connectivity index (χ1) is 15.6. The van der Waals surface area contributed by atoms with Gasteiger partial charge in [-0.1, -0.05) is 48.5 Å². The number of hydrogen-bond donors (Lipinski definition) is 2. The fourth-order valence-corrected chi connectivity index (χ4v) is 4.99. The number of carbonyl (C=O) groups excluding carboxylic acids is 1. The third kappa shape index (κ3) is 5.14. The van der Waals surface area contributed by atoms with Gasteiger partial charge >= 0.3 is 0 Å². The van der Waals surface area contributed by atoms with E-state index >= 15 is 0 Å². The number of nitrogen functional groups attached to an aromatic ring is 1. The van der Waals surface area contributed by atoms with E-state index in [1.807, 2.05) is 25.1 Å². The van der Waals surface area contributed by atoms with Crippen molar-refractivity contribution in [2.75, 3.05) is 18.0 Å². The molecule has 3 N–H and O–H groups in total. The Morgan fingerprint density at radius 2 is 2.06 bits per heavy atom. The SMILES string of the molecule is CCCC(=O)NCCCCSc1nc(N)nc(-c2c(Cl)cc3c4c(cccc24)COC3)n1. The van der Waals surface area contributed by atoms with Gasteiger partial charge in [0, 0.05) is 24.3 Å². The minimum atomic E-state index is 0.111. The second-order valence-corrected chi connectivity index (χ2v) is 9.15. The normalized spacial score (nSPS) is 12.8. The van der Waals surface area contributed by atoms with Crippen LogP contribution in [0, 0.1) is 0 Å². The summed E-state index contributed by atoms with van der Waals surface area (Å²) in [6.07, 6.45) is 3.27. The highest BCUT2D eigenvalue weighted by molar-refractivity contribution is 7.99. The van der Waals surface area contributed by atoms with E-state index in [2.05, 4.69) is 26.3 Å². The number of anilines is 1. The van der Waals surface area contributed by atoms with Crippen molar-refractivity contribution < 1.29 is 9.53 Å². The van der Waals surface area contributed by atoms with Crippen LogP contribution in [-0.2, 0) is 22.7 Å². The van der Waals surface area contributed by atoms with Crippen molar-refractivity contribution in [2.45, 2.75) is 51.0 Å². The molecule has 0 radical (unpaired) electrons. The van der Waals surface area contributed by atoms with Gasteiger partial charge in [-0.25, -0.2) is 4.98 Å². The van der Waals surface area contributed by atoms with E-state index in [-0.39, 0.29) is 11.9 Å². The Labute approximate surface area is 196 Å². The topological polar surface area (TPSA) is 103 Å². The van der Waals surface area contributed by atoms with Gasteiger partial charge in [0.05, 0.1) is 18.2 Å². The minimum absolute atomic E-state index is 0.111. The summed E-state index contributed by atoms with van der Waals surface area (Å²) in [5, 5.41) is 6.22. The zero-order valence-corrected chi connectivity index (χ0v) is 19.6. The molecule has 0 atom stereocenters. The fourth-order valence-electron chi connectivity index (χ4n) is 3.83. The molecule has 0 bridgehead atoms. The molecular weight excluding hydrogens is 446 g/mol. The lowest BCUT2D eigenvalue weighted by atomic mass is 9.94. The highest BCUT2D eigenvalue weighted by atomic mass is 35.5. The second kappa shape index (κ2) is 10.5. The largest absolute Gasteiger partial charge is 0.372 e. The molecule has 2 heterocycles. The Balaban J connectivity index is 1.50. The summed E-state index contributed by atoms with van der Waals surface area (Å²) < 4.78 is 5.68. The number of benzene rings is 2. The lowest BCUT2D eigenvalue weighted by Crippen LogP contribution is -2.23. The van der Waals surface area contributed by atoms with Crippen molar-refractivity contribution >= 4 is 46.0 Å².